The van der Waals surface area contributed by atoms with E-state index in [4.69, 9.17) is 18.5 Å². The summed E-state index contributed by atoms with van der Waals surface area (Å²) < 4.78 is 34.3. The van der Waals surface area contributed by atoms with Gasteiger partial charge >= 0.3 is 19.8 Å². The second-order valence-corrected chi connectivity index (χ2v) is 20.1. The van der Waals surface area contributed by atoms with Gasteiger partial charge in [0, 0.05) is 31.1 Å². The number of ether oxygens (including phenoxy) is 2. The molecule has 1 aliphatic rings. The number of hydrogen-bond acceptors (Lipinski definition) is 10. The molecule has 0 aliphatic heterocycles. The van der Waals surface area contributed by atoms with Gasteiger partial charge in [0.15, 0.2) is 6.10 Å². The highest BCUT2D eigenvalue weighted by Gasteiger charge is 2.39. The largest absolute Gasteiger partial charge is 0.472 e. The van der Waals surface area contributed by atoms with Crippen LogP contribution >= 0.6 is 7.82 Å². The van der Waals surface area contributed by atoms with E-state index in [1.165, 1.54) is 83.5 Å². The first-order valence-electron chi connectivity index (χ1n) is 24.8. The summed E-state index contributed by atoms with van der Waals surface area (Å²) in [5, 5.41) is 20.8. The molecule has 12 nitrogen and oxygen atoms in total. The Kier molecular flexibility index (Phi) is 34.5. The number of unbranched alkanes of at least 4 members (excludes halogenated alkanes) is 18. The van der Waals surface area contributed by atoms with Crippen LogP contribution in [0.4, 0.5) is 0 Å². The molecule has 1 unspecified atom stereocenters. The quantitative estimate of drug-likeness (QED) is 0.0176. The number of nitrogens with zero attached hydrogens (tertiary/aromatic N) is 1. The van der Waals surface area contributed by atoms with Gasteiger partial charge in [0.05, 0.1) is 40.0 Å². The number of ketones is 1. The number of quaternary nitrogens is 1. The fourth-order valence-electron chi connectivity index (χ4n) is 7.52. The zero-order valence-electron chi connectivity index (χ0n) is 40.3. The molecule has 0 aromatic rings. The molecule has 0 amide bonds. The molecule has 1 fully saturated rings. The Morgan fingerprint density at radius 2 is 1.27 bits per heavy atom. The Morgan fingerprint density at radius 3 is 1.89 bits per heavy atom. The predicted octanol–water partition coefficient (Wildman–Crippen LogP) is 11.1. The Morgan fingerprint density at radius 1 is 0.730 bits per heavy atom. The first kappa shape index (κ1) is 58.8. The van der Waals surface area contributed by atoms with Gasteiger partial charge in [-0.25, -0.2) is 4.57 Å². The van der Waals surface area contributed by atoms with Crippen LogP contribution in [0.3, 0.4) is 0 Å². The molecule has 13 heteroatoms. The first-order chi connectivity index (χ1) is 30.2. The number of carbonyl (C=O) groups excluding carboxylic acids is 3. The zero-order valence-corrected chi connectivity index (χ0v) is 41.2. The maximum atomic E-state index is 12.8. The fraction of sp³-hybridized carbons (Fsp3) is 0.820. The fourth-order valence-corrected chi connectivity index (χ4v) is 8.26. The second kappa shape index (κ2) is 37.0. The van der Waals surface area contributed by atoms with Gasteiger partial charge < -0.3 is 29.1 Å². The summed E-state index contributed by atoms with van der Waals surface area (Å²) in [5.74, 6) is -1.72. The van der Waals surface area contributed by atoms with Crippen molar-refractivity contribution in [1.29, 1.82) is 0 Å². The third-order valence-electron chi connectivity index (χ3n) is 11.5. The smallest absolute Gasteiger partial charge is 0.462 e. The van der Waals surface area contributed by atoms with Crippen molar-refractivity contribution in [3.8, 4) is 0 Å². The summed E-state index contributed by atoms with van der Waals surface area (Å²) in [6, 6.07) is 0. The van der Waals surface area contributed by atoms with E-state index in [9.17, 15) is 34.1 Å². The van der Waals surface area contributed by atoms with Gasteiger partial charge in [-0.05, 0) is 57.8 Å². The molecule has 0 saturated heterocycles. The topological polar surface area (TPSA) is 166 Å². The predicted molar refractivity (Wildman–Crippen MR) is 253 cm³/mol. The number of rotatable bonds is 41. The molecule has 0 spiro atoms. The van der Waals surface area contributed by atoms with Crippen molar-refractivity contribution < 1.29 is 57.1 Å². The molecule has 3 N–H and O–H groups in total. The number of carbonyl (C=O) groups is 3. The van der Waals surface area contributed by atoms with Crippen molar-refractivity contribution in [1.82, 2.24) is 0 Å². The van der Waals surface area contributed by atoms with E-state index in [0.29, 0.717) is 43.1 Å². The molecule has 1 aliphatic carbocycles. The Labute approximate surface area is 382 Å². The first-order valence-corrected chi connectivity index (χ1v) is 26.3. The van der Waals surface area contributed by atoms with Crippen LogP contribution in [0.2, 0.25) is 0 Å². The Hall–Kier alpha value is -2.18. The van der Waals surface area contributed by atoms with E-state index in [-0.39, 0.29) is 44.2 Å². The van der Waals surface area contributed by atoms with E-state index in [1.54, 1.807) is 12.2 Å². The molecular weight excluding hydrogens is 822 g/mol. The van der Waals surface area contributed by atoms with Crippen molar-refractivity contribution in [3.05, 3.63) is 36.5 Å². The van der Waals surface area contributed by atoms with Gasteiger partial charge in [-0.3, -0.25) is 23.4 Å². The number of phosphoric ester groups is 1. The van der Waals surface area contributed by atoms with Crippen molar-refractivity contribution in [3.63, 3.8) is 0 Å². The summed E-state index contributed by atoms with van der Waals surface area (Å²) in [4.78, 5) is 48.2. The van der Waals surface area contributed by atoms with E-state index in [1.807, 2.05) is 33.3 Å². The van der Waals surface area contributed by atoms with Crippen molar-refractivity contribution >= 4 is 25.5 Å². The number of allylic oxidation sites excluding steroid dienone is 5. The normalized spacial score (nSPS) is 19.0. The highest BCUT2D eigenvalue weighted by molar-refractivity contribution is 7.47. The number of esters is 2. The summed E-state index contributed by atoms with van der Waals surface area (Å²) in [6.07, 6.45) is 35.5. The lowest BCUT2D eigenvalue weighted by Gasteiger charge is -2.24. The molecule has 0 aromatic heterocycles. The van der Waals surface area contributed by atoms with Crippen LogP contribution in [0.15, 0.2) is 36.5 Å². The second-order valence-electron chi connectivity index (χ2n) is 18.6. The van der Waals surface area contributed by atoms with Crippen molar-refractivity contribution in [2.45, 2.75) is 206 Å². The molecule has 6 atom stereocenters. The third-order valence-corrected chi connectivity index (χ3v) is 12.5. The molecule has 0 bridgehead atoms. The average Bonchev–Trinajstić information content (AvgIpc) is 3.50. The number of phosphoric acid groups is 1. The van der Waals surface area contributed by atoms with Crippen LogP contribution in [0.25, 0.3) is 0 Å². The molecule has 0 heterocycles. The minimum absolute atomic E-state index is 0.0114. The number of aliphatic hydroxyl groups excluding tert-OH is 2. The van der Waals surface area contributed by atoms with Gasteiger partial charge in [0.25, 0.3) is 0 Å². The monoisotopic (exact) mass is 913 g/mol. The number of likely N-dealkylation sites (N-methyl/N-ethyl adjacent to an activating group) is 1. The standard InChI is InChI=1S/C50H90NO11P/c1-6-8-10-11-12-13-14-15-16-17-18-19-20-21-22-23-24-25-31-35-50(56)62-44(42-61-63(57,58)60-39-38-51(3,4)5)41-59-49(55)34-30-27-26-29-33-45-46(48(54)40-47(45)53)37-36-43(52)32-28-9-7-2/h15-16,26,29,36-37,43-47,52-53H,6-14,17-25,27-28,30-35,38-42H2,1-5H3/p+1/b16-15-,29-26-,37-36+/t43-,44+,45+,46+,47-/m0/s1. The number of aliphatic hydroxyl groups is 2. The highest BCUT2D eigenvalue weighted by atomic mass is 31.2. The maximum absolute atomic E-state index is 12.8. The van der Waals surface area contributed by atoms with Gasteiger partial charge in [-0.15, -0.1) is 0 Å². The Bertz CT molecular complexity index is 1330. The maximum Gasteiger partial charge on any atom is 0.472 e. The summed E-state index contributed by atoms with van der Waals surface area (Å²) >= 11 is 0. The summed E-state index contributed by atoms with van der Waals surface area (Å²) in [7, 11) is 1.33. The molecule has 366 valence electrons. The van der Waals surface area contributed by atoms with Gasteiger partial charge in [-0.2, -0.15) is 0 Å². The summed E-state index contributed by atoms with van der Waals surface area (Å²) in [5.41, 5.74) is 0. The lowest BCUT2D eigenvalue weighted by Crippen LogP contribution is -2.37. The van der Waals surface area contributed by atoms with Gasteiger partial charge in [0.1, 0.15) is 25.5 Å². The van der Waals surface area contributed by atoms with Crippen molar-refractivity contribution in [2.75, 3.05) is 47.5 Å². The van der Waals surface area contributed by atoms with Crippen LogP contribution in [0.1, 0.15) is 187 Å². The zero-order chi connectivity index (χ0) is 46.6. The van der Waals surface area contributed by atoms with E-state index < -0.39 is 50.6 Å². The molecule has 63 heavy (non-hydrogen) atoms. The minimum Gasteiger partial charge on any atom is -0.462 e. The van der Waals surface area contributed by atoms with Crippen LogP contribution in [0.5, 0.6) is 0 Å². The third kappa shape index (κ3) is 33.9. The van der Waals surface area contributed by atoms with Crippen molar-refractivity contribution in [2.24, 2.45) is 11.8 Å². The average molecular weight is 913 g/mol. The SMILES string of the molecule is CCCCCCCC/C=C\CCCCCCCCCCCC(=O)O[C@H](COC(=O)CCC/C=C\C[C@H]1[C@@H](O)CC(=O)[C@@H]1/C=C/[C@@H](O)CCCCC)COP(=O)(O)OCC[N+](C)(C)C. The number of Topliss-reactive ketones (excluding diaryl/α,β-unsaturated/α-hetero) is 1. The number of hydrogen-bond donors (Lipinski definition) is 3. The molecule has 0 radical (unpaired) electrons. The molecule has 1 rings (SSSR count). The lowest BCUT2D eigenvalue weighted by molar-refractivity contribution is -0.870. The summed E-state index contributed by atoms with van der Waals surface area (Å²) in [6.45, 7) is 4.02. The molecule has 0 aromatic carbocycles. The lowest BCUT2D eigenvalue weighted by atomic mass is 9.90. The minimum atomic E-state index is -4.44. The van der Waals surface area contributed by atoms with Crippen LogP contribution in [-0.4, -0.2) is 103 Å². The molecular formula is C50H91NO11P+. The van der Waals surface area contributed by atoms with E-state index in [2.05, 4.69) is 26.0 Å². The van der Waals surface area contributed by atoms with E-state index >= 15 is 0 Å². The van der Waals surface area contributed by atoms with Crippen LogP contribution < -0.4 is 0 Å². The van der Waals surface area contributed by atoms with E-state index in [0.717, 1.165) is 38.5 Å². The van der Waals surface area contributed by atoms with Crippen LogP contribution in [-0.2, 0) is 37.5 Å². The molecule has 1 saturated carbocycles. The highest BCUT2D eigenvalue weighted by Crippen LogP contribution is 2.43. The Balaban J connectivity index is 2.43. The van der Waals surface area contributed by atoms with Gasteiger partial charge in [-0.1, -0.05) is 147 Å². The van der Waals surface area contributed by atoms with Crippen LogP contribution in [0, 0.1) is 11.8 Å². The van der Waals surface area contributed by atoms with Gasteiger partial charge in [0.2, 0.25) is 0 Å².